The minimum atomic E-state index is -0.229. The molecule has 1 amide bonds. The van der Waals surface area contributed by atoms with Crippen molar-refractivity contribution in [1.82, 2.24) is 9.97 Å². The van der Waals surface area contributed by atoms with Gasteiger partial charge in [-0.25, -0.2) is 9.97 Å². The van der Waals surface area contributed by atoms with Crippen molar-refractivity contribution in [2.24, 2.45) is 0 Å². The van der Waals surface area contributed by atoms with Gasteiger partial charge >= 0.3 is 0 Å². The summed E-state index contributed by atoms with van der Waals surface area (Å²) in [6.45, 7) is 1.79. The molecule has 0 aliphatic heterocycles. The lowest BCUT2D eigenvalue weighted by atomic mass is 10.2. The minimum absolute atomic E-state index is 0.229. The molecule has 0 aliphatic carbocycles. The Morgan fingerprint density at radius 3 is 2.94 bits per heavy atom. The van der Waals surface area contributed by atoms with E-state index in [4.69, 9.17) is 5.73 Å². The number of nitrogens with one attached hydrogen (secondary N) is 1. The summed E-state index contributed by atoms with van der Waals surface area (Å²) in [7, 11) is 0. The summed E-state index contributed by atoms with van der Waals surface area (Å²) in [5.74, 6) is 0.108. The van der Waals surface area contributed by atoms with E-state index in [9.17, 15) is 4.79 Å². The number of nitrogen functional groups attached to an aromatic ring is 1. The summed E-state index contributed by atoms with van der Waals surface area (Å²) in [5, 5.41) is 5.04. The summed E-state index contributed by atoms with van der Waals surface area (Å²) >= 11 is 1.36. The van der Waals surface area contributed by atoms with Crippen molar-refractivity contribution in [2.75, 3.05) is 11.1 Å². The van der Waals surface area contributed by atoms with Crippen LogP contribution < -0.4 is 11.1 Å². The fourth-order valence-electron chi connectivity index (χ4n) is 1.28. The molecule has 2 rings (SSSR count). The molecule has 0 radical (unpaired) electrons. The van der Waals surface area contributed by atoms with Crippen LogP contribution in [0.3, 0.4) is 0 Å². The van der Waals surface area contributed by atoms with Gasteiger partial charge in [0.05, 0.1) is 0 Å². The van der Waals surface area contributed by atoms with Gasteiger partial charge in [-0.1, -0.05) is 0 Å². The second-order valence-electron chi connectivity index (χ2n) is 3.21. The summed E-state index contributed by atoms with van der Waals surface area (Å²) in [6.07, 6.45) is 1.63. The van der Waals surface area contributed by atoms with Crippen LogP contribution in [0.1, 0.15) is 16.1 Å². The van der Waals surface area contributed by atoms with E-state index >= 15 is 0 Å². The zero-order chi connectivity index (χ0) is 11.5. The molecule has 2 aromatic rings. The van der Waals surface area contributed by atoms with Crippen LogP contribution in [0.2, 0.25) is 0 Å². The average Bonchev–Trinajstić information content (AvgIpc) is 2.68. The molecule has 6 heteroatoms. The third-order valence-corrected chi connectivity index (χ3v) is 2.58. The average molecular weight is 234 g/mol. The van der Waals surface area contributed by atoms with Crippen molar-refractivity contribution >= 4 is 28.2 Å². The van der Waals surface area contributed by atoms with Gasteiger partial charge in [0.15, 0.2) is 5.13 Å². The highest BCUT2D eigenvalue weighted by atomic mass is 32.1. The highest BCUT2D eigenvalue weighted by Gasteiger charge is 2.08. The number of hydrogen-bond donors (Lipinski definition) is 2. The second-order valence-corrected chi connectivity index (χ2v) is 4.11. The van der Waals surface area contributed by atoms with E-state index in [1.54, 1.807) is 24.6 Å². The quantitative estimate of drug-likeness (QED) is 0.828. The lowest BCUT2D eigenvalue weighted by molar-refractivity contribution is 0.102. The minimum Gasteiger partial charge on any atom is -0.384 e. The van der Waals surface area contributed by atoms with E-state index in [1.165, 1.54) is 17.4 Å². The Bertz CT molecular complexity index is 489. The molecule has 2 heterocycles. The maximum atomic E-state index is 11.8. The smallest absolute Gasteiger partial charge is 0.257 e. The van der Waals surface area contributed by atoms with Crippen molar-refractivity contribution in [2.45, 2.75) is 6.92 Å². The third-order valence-electron chi connectivity index (χ3n) is 1.89. The molecule has 0 fully saturated rings. The standard InChI is InChI=1S/C10H10N4OS/c1-6-4-7(5-8(11)13-6)9(15)14-10-12-2-3-16-10/h2-5H,1H3,(H2,11,13)(H,12,14,15). The molecule has 0 saturated carbocycles. The number of anilines is 2. The maximum absolute atomic E-state index is 11.8. The number of carbonyl (C=O) groups excluding carboxylic acids is 1. The molecule has 82 valence electrons. The van der Waals surface area contributed by atoms with Crippen molar-refractivity contribution in [3.8, 4) is 0 Å². The molecular formula is C10H10N4OS. The van der Waals surface area contributed by atoms with Gasteiger partial charge in [0.1, 0.15) is 5.82 Å². The Hall–Kier alpha value is -1.95. The number of aromatic nitrogens is 2. The Labute approximate surface area is 96.3 Å². The summed E-state index contributed by atoms with van der Waals surface area (Å²) < 4.78 is 0. The fourth-order valence-corrected chi connectivity index (χ4v) is 1.80. The topological polar surface area (TPSA) is 80.9 Å². The molecule has 0 aliphatic rings. The van der Waals surface area contributed by atoms with E-state index in [0.29, 0.717) is 22.2 Å². The van der Waals surface area contributed by atoms with Gasteiger partial charge in [0.2, 0.25) is 0 Å². The first-order valence-corrected chi connectivity index (χ1v) is 5.48. The first kappa shape index (κ1) is 10.6. The molecule has 0 atom stereocenters. The molecule has 16 heavy (non-hydrogen) atoms. The van der Waals surface area contributed by atoms with Gasteiger partial charge in [-0.2, -0.15) is 0 Å². The van der Waals surface area contributed by atoms with Crippen molar-refractivity contribution in [3.05, 3.63) is 35.0 Å². The van der Waals surface area contributed by atoms with E-state index in [1.807, 2.05) is 0 Å². The molecule has 0 unspecified atom stereocenters. The zero-order valence-corrected chi connectivity index (χ0v) is 9.41. The lowest BCUT2D eigenvalue weighted by Crippen LogP contribution is -2.12. The van der Waals surface area contributed by atoms with Crippen LogP contribution in [0.4, 0.5) is 10.9 Å². The number of amides is 1. The fraction of sp³-hybridized carbons (Fsp3) is 0.100. The third kappa shape index (κ3) is 2.34. The summed E-state index contributed by atoms with van der Waals surface area (Å²) in [5.41, 5.74) is 6.77. The Morgan fingerprint density at radius 2 is 2.31 bits per heavy atom. The van der Waals surface area contributed by atoms with Gasteiger partial charge in [0.25, 0.3) is 5.91 Å². The van der Waals surface area contributed by atoms with Crippen LogP contribution in [-0.4, -0.2) is 15.9 Å². The second kappa shape index (κ2) is 4.28. The van der Waals surface area contributed by atoms with Gasteiger partial charge in [0, 0.05) is 22.8 Å². The normalized spacial score (nSPS) is 10.1. The highest BCUT2D eigenvalue weighted by molar-refractivity contribution is 7.13. The highest BCUT2D eigenvalue weighted by Crippen LogP contribution is 2.13. The molecule has 3 N–H and O–H groups in total. The maximum Gasteiger partial charge on any atom is 0.257 e. The molecule has 2 aromatic heterocycles. The van der Waals surface area contributed by atoms with Gasteiger partial charge in [-0.3, -0.25) is 10.1 Å². The van der Waals surface area contributed by atoms with Crippen molar-refractivity contribution < 1.29 is 4.79 Å². The number of nitrogens with two attached hydrogens (primary N) is 1. The number of pyridine rings is 1. The Balaban J connectivity index is 2.21. The zero-order valence-electron chi connectivity index (χ0n) is 8.60. The predicted molar refractivity (Wildman–Crippen MR) is 63.5 cm³/mol. The molecule has 0 saturated heterocycles. The first-order valence-electron chi connectivity index (χ1n) is 4.60. The van der Waals surface area contributed by atoms with Gasteiger partial charge in [-0.05, 0) is 19.1 Å². The predicted octanol–water partition coefficient (Wildman–Crippen LogP) is 1.68. The van der Waals surface area contributed by atoms with Crippen LogP contribution in [0.5, 0.6) is 0 Å². The van der Waals surface area contributed by atoms with E-state index in [0.717, 1.165) is 0 Å². The lowest BCUT2D eigenvalue weighted by Gasteiger charge is -2.03. The van der Waals surface area contributed by atoms with E-state index in [-0.39, 0.29) is 5.91 Å². The van der Waals surface area contributed by atoms with E-state index in [2.05, 4.69) is 15.3 Å². The Kier molecular flexibility index (Phi) is 2.82. The number of aryl methyl sites for hydroxylation is 1. The number of rotatable bonds is 2. The van der Waals surface area contributed by atoms with Crippen LogP contribution in [-0.2, 0) is 0 Å². The van der Waals surface area contributed by atoms with Crippen LogP contribution in [0, 0.1) is 6.92 Å². The number of carbonyl (C=O) groups is 1. The van der Waals surface area contributed by atoms with Crippen molar-refractivity contribution in [3.63, 3.8) is 0 Å². The van der Waals surface area contributed by atoms with Crippen LogP contribution in [0.25, 0.3) is 0 Å². The van der Waals surface area contributed by atoms with Gasteiger partial charge < -0.3 is 5.73 Å². The summed E-state index contributed by atoms with van der Waals surface area (Å²) in [4.78, 5) is 19.8. The molecule has 0 spiro atoms. The molecule has 0 bridgehead atoms. The molecule has 0 aromatic carbocycles. The van der Waals surface area contributed by atoms with Crippen molar-refractivity contribution in [1.29, 1.82) is 0 Å². The SMILES string of the molecule is Cc1cc(C(=O)Nc2nccs2)cc(N)n1. The van der Waals surface area contributed by atoms with Crippen LogP contribution >= 0.6 is 11.3 Å². The molecular weight excluding hydrogens is 224 g/mol. The monoisotopic (exact) mass is 234 g/mol. The summed E-state index contributed by atoms with van der Waals surface area (Å²) in [6, 6.07) is 3.22. The Morgan fingerprint density at radius 1 is 1.50 bits per heavy atom. The number of thiazole rings is 1. The largest absolute Gasteiger partial charge is 0.384 e. The number of nitrogens with zero attached hydrogens (tertiary/aromatic N) is 2. The first-order chi connectivity index (χ1) is 7.65. The number of hydrogen-bond acceptors (Lipinski definition) is 5. The van der Waals surface area contributed by atoms with Crippen LogP contribution in [0.15, 0.2) is 23.7 Å². The van der Waals surface area contributed by atoms with Gasteiger partial charge in [-0.15, -0.1) is 11.3 Å². The molecule has 5 nitrogen and oxygen atoms in total. The van der Waals surface area contributed by atoms with E-state index < -0.39 is 0 Å².